The number of amides is 3. The van der Waals surface area contributed by atoms with Crippen LogP contribution in [-0.2, 0) is 20.8 Å². The number of nitriles is 1. The summed E-state index contributed by atoms with van der Waals surface area (Å²) in [5.41, 5.74) is 2.05. The molecule has 3 rings (SSSR count). The van der Waals surface area contributed by atoms with Crippen molar-refractivity contribution in [2.75, 3.05) is 13.7 Å². The summed E-state index contributed by atoms with van der Waals surface area (Å²) in [6.45, 7) is 6.48. The van der Waals surface area contributed by atoms with Crippen LogP contribution >= 0.6 is 0 Å². The molecule has 194 valence electrons. The maximum absolute atomic E-state index is 13.4. The molecule has 9 nitrogen and oxygen atoms in total. The van der Waals surface area contributed by atoms with E-state index in [2.05, 4.69) is 16.0 Å². The number of carbonyl (C=O) groups is 3. The van der Waals surface area contributed by atoms with E-state index in [1.807, 2.05) is 39.0 Å². The number of benzene rings is 1. The van der Waals surface area contributed by atoms with Crippen molar-refractivity contribution in [2.45, 2.75) is 71.1 Å². The molecule has 1 aliphatic heterocycles. The maximum Gasteiger partial charge on any atom is 0.248 e. The van der Waals surface area contributed by atoms with Crippen molar-refractivity contribution in [1.29, 1.82) is 5.26 Å². The fraction of sp³-hybridized carbons (Fsp3) is 0.556. The fourth-order valence-electron chi connectivity index (χ4n) is 4.74. The lowest BCUT2D eigenvalue weighted by Gasteiger charge is -2.31. The number of aliphatic hydroxyl groups is 1. The van der Waals surface area contributed by atoms with Crippen LogP contribution in [0.15, 0.2) is 23.8 Å². The van der Waals surface area contributed by atoms with E-state index in [1.165, 1.54) is 0 Å². The molecule has 1 aromatic carbocycles. The second-order valence-corrected chi connectivity index (χ2v) is 10.7. The normalized spacial score (nSPS) is 19.6. The van der Waals surface area contributed by atoms with E-state index < -0.39 is 30.0 Å². The van der Waals surface area contributed by atoms with Gasteiger partial charge in [-0.2, -0.15) is 5.26 Å². The Labute approximate surface area is 212 Å². The lowest BCUT2D eigenvalue weighted by atomic mass is 9.86. The zero-order valence-electron chi connectivity index (χ0n) is 21.4. The predicted octanol–water partition coefficient (Wildman–Crippen LogP) is 1.84. The van der Waals surface area contributed by atoms with Crippen LogP contribution in [0.4, 0.5) is 0 Å². The van der Waals surface area contributed by atoms with Crippen LogP contribution in [0.1, 0.15) is 57.6 Å². The Morgan fingerprint density at radius 3 is 2.69 bits per heavy atom. The van der Waals surface area contributed by atoms with Crippen molar-refractivity contribution in [3.8, 4) is 11.8 Å². The monoisotopic (exact) mass is 496 g/mol. The van der Waals surface area contributed by atoms with Gasteiger partial charge in [-0.05, 0) is 48.8 Å². The van der Waals surface area contributed by atoms with Crippen molar-refractivity contribution in [3.63, 3.8) is 0 Å². The molecule has 0 spiro atoms. The molecule has 0 bridgehead atoms. The number of piperidine rings is 1. The van der Waals surface area contributed by atoms with Gasteiger partial charge in [-0.3, -0.25) is 14.4 Å². The first-order valence-corrected chi connectivity index (χ1v) is 12.4. The van der Waals surface area contributed by atoms with E-state index in [0.29, 0.717) is 37.1 Å². The quantitative estimate of drug-likeness (QED) is 0.385. The molecule has 4 N–H and O–H groups in total. The van der Waals surface area contributed by atoms with Gasteiger partial charge in [0.25, 0.3) is 0 Å². The number of hydrogen-bond donors (Lipinski definition) is 4. The van der Waals surface area contributed by atoms with Crippen LogP contribution in [0, 0.1) is 22.7 Å². The Bertz CT molecular complexity index is 1070. The summed E-state index contributed by atoms with van der Waals surface area (Å²) < 4.78 is 5.40. The highest BCUT2D eigenvalue weighted by Gasteiger charge is 2.34. The van der Waals surface area contributed by atoms with Gasteiger partial charge in [0.05, 0.1) is 19.2 Å². The summed E-state index contributed by atoms with van der Waals surface area (Å²) in [6.07, 6.45) is 2.63. The minimum absolute atomic E-state index is 0.142. The maximum atomic E-state index is 13.4. The predicted molar refractivity (Wildman–Crippen MR) is 135 cm³/mol. The van der Waals surface area contributed by atoms with Gasteiger partial charge < -0.3 is 25.8 Å². The average Bonchev–Trinajstić information content (AvgIpc) is 3.28. The van der Waals surface area contributed by atoms with Gasteiger partial charge in [-0.25, -0.2) is 0 Å². The van der Waals surface area contributed by atoms with E-state index in [1.54, 1.807) is 19.3 Å². The summed E-state index contributed by atoms with van der Waals surface area (Å²) in [4.78, 5) is 38.8. The number of ether oxygens (including phenoxy) is 1. The fourth-order valence-corrected chi connectivity index (χ4v) is 4.74. The van der Waals surface area contributed by atoms with Gasteiger partial charge in [0.1, 0.15) is 11.8 Å². The number of carbonyl (C=O) groups excluding carboxylic acids is 3. The summed E-state index contributed by atoms with van der Waals surface area (Å²) in [5, 5.41) is 28.0. The molecule has 0 saturated carbocycles. The molecule has 1 saturated heterocycles. The van der Waals surface area contributed by atoms with E-state index >= 15 is 0 Å². The van der Waals surface area contributed by atoms with Crippen LogP contribution in [-0.4, -0.2) is 54.7 Å². The van der Waals surface area contributed by atoms with Gasteiger partial charge in [0.2, 0.25) is 17.7 Å². The molecule has 4 unspecified atom stereocenters. The molecule has 1 heterocycles. The zero-order valence-corrected chi connectivity index (χ0v) is 21.4. The molecule has 2 aliphatic rings. The third-order valence-electron chi connectivity index (χ3n) is 6.58. The minimum Gasteiger partial charge on any atom is -0.496 e. The highest BCUT2D eigenvalue weighted by molar-refractivity contribution is 6.02. The van der Waals surface area contributed by atoms with Crippen LogP contribution in [0.5, 0.6) is 5.75 Å². The lowest BCUT2D eigenvalue weighted by molar-refractivity contribution is -0.130. The average molecular weight is 497 g/mol. The van der Waals surface area contributed by atoms with Crippen LogP contribution in [0.3, 0.4) is 0 Å². The number of fused-ring (bicyclic) bond motifs is 1. The van der Waals surface area contributed by atoms with Crippen LogP contribution in [0.2, 0.25) is 0 Å². The van der Waals surface area contributed by atoms with Crippen molar-refractivity contribution in [2.24, 2.45) is 11.3 Å². The highest BCUT2D eigenvalue weighted by Crippen LogP contribution is 2.32. The van der Waals surface area contributed by atoms with Gasteiger partial charge >= 0.3 is 0 Å². The molecule has 3 amide bonds. The van der Waals surface area contributed by atoms with Crippen LogP contribution < -0.4 is 20.7 Å². The topological polar surface area (TPSA) is 141 Å². The van der Waals surface area contributed by atoms with Crippen molar-refractivity contribution >= 4 is 23.8 Å². The van der Waals surface area contributed by atoms with E-state index in [9.17, 15) is 24.8 Å². The van der Waals surface area contributed by atoms with Gasteiger partial charge in [0.15, 0.2) is 6.10 Å². The second-order valence-electron chi connectivity index (χ2n) is 10.7. The number of rotatable bonds is 9. The van der Waals surface area contributed by atoms with Gasteiger partial charge in [0, 0.05) is 30.0 Å². The molecule has 9 heteroatoms. The second kappa shape index (κ2) is 11.6. The molecule has 36 heavy (non-hydrogen) atoms. The van der Waals surface area contributed by atoms with Crippen molar-refractivity contribution in [1.82, 2.24) is 16.0 Å². The number of methoxy groups -OCH3 is 1. The molecule has 1 fully saturated rings. The smallest absolute Gasteiger partial charge is 0.248 e. The first kappa shape index (κ1) is 27.2. The molecule has 1 aliphatic carbocycles. The number of hydrogen-bond acceptors (Lipinski definition) is 6. The Morgan fingerprint density at radius 2 is 2.06 bits per heavy atom. The van der Waals surface area contributed by atoms with Gasteiger partial charge in [-0.15, -0.1) is 0 Å². The van der Waals surface area contributed by atoms with Crippen LogP contribution in [0.25, 0.3) is 6.08 Å². The third-order valence-corrected chi connectivity index (χ3v) is 6.58. The van der Waals surface area contributed by atoms with E-state index in [-0.39, 0.29) is 23.7 Å². The minimum atomic E-state index is -1.48. The van der Waals surface area contributed by atoms with Gasteiger partial charge in [-0.1, -0.05) is 32.9 Å². The number of nitrogens with zero attached hydrogens (tertiary/aromatic N) is 1. The molecule has 4 atom stereocenters. The molecule has 0 aromatic heterocycles. The summed E-state index contributed by atoms with van der Waals surface area (Å²) in [5.74, 6) is -0.725. The molecule has 0 radical (unpaired) electrons. The third kappa shape index (κ3) is 6.85. The molecule has 1 aromatic rings. The van der Waals surface area contributed by atoms with E-state index in [0.717, 1.165) is 17.5 Å². The summed E-state index contributed by atoms with van der Waals surface area (Å²) in [6, 6.07) is 5.58. The zero-order chi connectivity index (χ0) is 26.5. The van der Waals surface area contributed by atoms with Crippen molar-refractivity contribution in [3.05, 3.63) is 34.9 Å². The number of nitrogens with one attached hydrogen (secondary N) is 3. The number of aliphatic hydroxyl groups excluding tert-OH is 1. The Hall–Kier alpha value is -3.38. The van der Waals surface area contributed by atoms with Crippen molar-refractivity contribution < 1.29 is 24.2 Å². The van der Waals surface area contributed by atoms with E-state index in [4.69, 9.17) is 4.74 Å². The molecular formula is C27H36N4O5. The summed E-state index contributed by atoms with van der Waals surface area (Å²) in [7, 11) is 1.58. The largest absolute Gasteiger partial charge is 0.496 e. The Balaban J connectivity index is 1.75. The summed E-state index contributed by atoms with van der Waals surface area (Å²) >= 11 is 0. The first-order chi connectivity index (χ1) is 17.0. The standard InChI is InChI=1S/C27H36N4O5/c1-27(2,3)14-21(31-25(34)18-11-16-7-5-9-23(36-4)19(16)12-18)26(35)30-20(22(32)15-28)13-17-8-6-10-29-24(17)33/h5,7,9,12,17,20-22,32H,6,8,10-11,13-14H2,1-4H3,(H,29,33)(H,30,35)(H,31,34). The first-order valence-electron chi connectivity index (χ1n) is 12.4. The SMILES string of the molecule is COc1cccc2c1C=C(C(=O)NC(CC(C)(C)C)C(=O)NC(CC1CCCNC1=O)C(O)C#N)C2. The highest BCUT2D eigenvalue weighted by atomic mass is 16.5. The Morgan fingerprint density at radius 1 is 1.31 bits per heavy atom. The lowest BCUT2D eigenvalue weighted by Crippen LogP contribution is -2.54. The molecular weight excluding hydrogens is 460 g/mol. The Kier molecular flexibility index (Phi) is 8.75.